The highest BCUT2D eigenvalue weighted by molar-refractivity contribution is 7.85. The van der Waals surface area contributed by atoms with Crippen LogP contribution in [0, 0.1) is 0 Å². The number of hydrogen-bond acceptors (Lipinski definition) is 7. The van der Waals surface area contributed by atoms with Crippen LogP contribution < -0.4 is 4.74 Å². The van der Waals surface area contributed by atoms with E-state index >= 15 is 0 Å². The van der Waals surface area contributed by atoms with E-state index in [2.05, 4.69) is 8.92 Å². The Balaban J connectivity index is 2.55. The molecule has 0 spiro atoms. The Morgan fingerprint density at radius 3 is 2.39 bits per heavy atom. The molecule has 9 heteroatoms. The summed E-state index contributed by atoms with van der Waals surface area (Å²) < 4.78 is 36.8. The van der Waals surface area contributed by atoms with Crippen LogP contribution in [-0.4, -0.2) is 52.0 Å². The Morgan fingerprint density at radius 1 is 1.04 bits per heavy atom. The number of methoxy groups -OCH3 is 1. The number of carbonyl (C=O) groups is 2. The zero-order valence-corrected chi connectivity index (χ0v) is 17.1. The Bertz CT molecular complexity index is 742. The van der Waals surface area contributed by atoms with Gasteiger partial charge in [0, 0.05) is 12.8 Å². The molecule has 0 unspecified atom stereocenters. The van der Waals surface area contributed by atoms with E-state index in [1.165, 1.54) is 7.11 Å². The van der Waals surface area contributed by atoms with E-state index in [9.17, 15) is 18.0 Å². The van der Waals surface area contributed by atoms with E-state index < -0.39 is 16.1 Å². The van der Waals surface area contributed by atoms with Crippen molar-refractivity contribution < 1.29 is 36.8 Å². The first-order chi connectivity index (χ1) is 13.2. The molecule has 158 valence electrons. The van der Waals surface area contributed by atoms with Crippen LogP contribution in [0.2, 0.25) is 0 Å². The molecule has 0 heterocycles. The molecule has 8 nitrogen and oxygen atoms in total. The van der Waals surface area contributed by atoms with Crippen molar-refractivity contribution in [3.8, 4) is 5.75 Å². The highest BCUT2D eigenvalue weighted by atomic mass is 32.2. The number of ether oxygens (including phenoxy) is 2. The van der Waals surface area contributed by atoms with Gasteiger partial charge in [-0.15, -0.1) is 0 Å². The zero-order chi connectivity index (χ0) is 21.0. The lowest BCUT2D eigenvalue weighted by Gasteiger charge is -2.13. The minimum absolute atomic E-state index is 0.0142. The number of carbonyl (C=O) groups excluding carboxylic acids is 1. The van der Waals surface area contributed by atoms with Gasteiger partial charge >= 0.3 is 11.9 Å². The molecule has 1 aromatic rings. The van der Waals surface area contributed by atoms with Crippen molar-refractivity contribution in [2.75, 3.05) is 26.6 Å². The molecule has 0 fully saturated rings. The van der Waals surface area contributed by atoms with Gasteiger partial charge in [-0.05, 0) is 49.3 Å². The van der Waals surface area contributed by atoms with E-state index in [1.807, 2.05) is 12.1 Å². The fourth-order valence-corrected chi connectivity index (χ4v) is 2.91. The van der Waals surface area contributed by atoms with Crippen LogP contribution in [0.25, 0.3) is 0 Å². The standard InChI is InChI=1S/C19H28O8S/c1-25-19(22)11-7-15-6-9-17(16(14-15)8-10-18(20)21)26-12-4-3-5-13-27-28(2,23)24/h6,9,14H,3-5,7-8,10-13H2,1-2H3,(H,20,21). The third-order valence-electron chi connectivity index (χ3n) is 3.92. The summed E-state index contributed by atoms with van der Waals surface area (Å²) in [5.41, 5.74) is 1.70. The number of hydrogen-bond donors (Lipinski definition) is 1. The molecule has 0 aromatic heterocycles. The second kappa shape index (κ2) is 12.4. The lowest BCUT2D eigenvalue weighted by atomic mass is 10.0. The number of unbranched alkanes of at least 4 members (excludes halogenated alkanes) is 2. The summed E-state index contributed by atoms with van der Waals surface area (Å²) in [6.45, 7) is 0.581. The summed E-state index contributed by atoms with van der Waals surface area (Å²) in [6, 6.07) is 5.50. The molecule has 0 amide bonds. The summed E-state index contributed by atoms with van der Waals surface area (Å²) in [4.78, 5) is 22.2. The van der Waals surface area contributed by atoms with Crippen LogP contribution in [0.5, 0.6) is 5.75 Å². The van der Waals surface area contributed by atoms with E-state index in [0.717, 1.165) is 30.2 Å². The summed E-state index contributed by atoms with van der Waals surface area (Å²) in [5, 5.41) is 8.94. The van der Waals surface area contributed by atoms with Gasteiger partial charge in [0.05, 0.1) is 26.6 Å². The van der Waals surface area contributed by atoms with Gasteiger partial charge in [0.2, 0.25) is 0 Å². The first kappa shape index (κ1) is 23.9. The van der Waals surface area contributed by atoms with Crippen LogP contribution in [-0.2, 0) is 41.5 Å². The molecule has 0 saturated heterocycles. The molecule has 28 heavy (non-hydrogen) atoms. The van der Waals surface area contributed by atoms with E-state index in [0.29, 0.717) is 31.6 Å². The molecule has 0 aliphatic heterocycles. The molecular weight excluding hydrogens is 388 g/mol. The predicted octanol–water partition coefficient (Wildman–Crippen LogP) is 2.33. The first-order valence-corrected chi connectivity index (χ1v) is 10.9. The van der Waals surface area contributed by atoms with Crippen LogP contribution >= 0.6 is 0 Å². The van der Waals surface area contributed by atoms with Gasteiger partial charge in [0.1, 0.15) is 5.75 Å². The zero-order valence-electron chi connectivity index (χ0n) is 16.3. The normalized spacial score (nSPS) is 11.2. The molecule has 1 aromatic carbocycles. The molecule has 1 N–H and O–H groups in total. The monoisotopic (exact) mass is 416 g/mol. The largest absolute Gasteiger partial charge is 0.493 e. The van der Waals surface area contributed by atoms with Crippen molar-refractivity contribution in [2.45, 2.75) is 44.9 Å². The second-order valence-corrected chi connectivity index (χ2v) is 7.99. The molecule has 0 atom stereocenters. The molecule has 0 aliphatic rings. The number of carboxylic acids is 1. The summed E-state index contributed by atoms with van der Waals surface area (Å²) in [5.74, 6) is -0.570. The van der Waals surface area contributed by atoms with E-state index in [4.69, 9.17) is 9.84 Å². The van der Waals surface area contributed by atoms with Gasteiger partial charge in [0.25, 0.3) is 10.1 Å². The average Bonchev–Trinajstić information content (AvgIpc) is 2.63. The van der Waals surface area contributed by atoms with Crippen LogP contribution in [0.15, 0.2) is 18.2 Å². The van der Waals surface area contributed by atoms with Gasteiger partial charge in [-0.25, -0.2) is 0 Å². The molecule has 0 saturated carbocycles. The molecule has 1 rings (SSSR count). The van der Waals surface area contributed by atoms with Crippen molar-refractivity contribution in [1.82, 2.24) is 0 Å². The smallest absolute Gasteiger partial charge is 0.305 e. The van der Waals surface area contributed by atoms with E-state index in [1.54, 1.807) is 6.07 Å². The number of rotatable bonds is 14. The Morgan fingerprint density at radius 2 is 1.75 bits per heavy atom. The van der Waals surface area contributed by atoms with Crippen LogP contribution in [0.1, 0.15) is 43.2 Å². The highest BCUT2D eigenvalue weighted by Crippen LogP contribution is 2.23. The fourth-order valence-electron chi connectivity index (χ4n) is 2.49. The minimum Gasteiger partial charge on any atom is -0.493 e. The quantitative estimate of drug-likeness (QED) is 0.279. The minimum atomic E-state index is -3.40. The lowest BCUT2D eigenvalue weighted by Crippen LogP contribution is -2.06. The lowest BCUT2D eigenvalue weighted by molar-refractivity contribution is -0.140. The highest BCUT2D eigenvalue weighted by Gasteiger charge is 2.10. The third-order valence-corrected chi connectivity index (χ3v) is 4.52. The average molecular weight is 416 g/mol. The topological polar surface area (TPSA) is 116 Å². The van der Waals surface area contributed by atoms with Crippen molar-refractivity contribution in [2.24, 2.45) is 0 Å². The van der Waals surface area contributed by atoms with Gasteiger partial charge in [-0.3, -0.25) is 13.8 Å². The Hall–Kier alpha value is -2.13. The fraction of sp³-hybridized carbons (Fsp3) is 0.579. The summed E-state index contributed by atoms with van der Waals surface area (Å²) in [7, 11) is -2.06. The Kier molecular flexibility index (Phi) is 10.5. The first-order valence-electron chi connectivity index (χ1n) is 9.09. The number of aliphatic carboxylic acids is 1. The van der Waals surface area contributed by atoms with Crippen molar-refractivity contribution in [3.63, 3.8) is 0 Å². The predicted molar refractivity (Wildman–Crippen MR) is 103 cm³/mol. The maximum atomic E-state index is 11.3. The number of benzene rings is 1. The van der Waals surface area contributed by atoms with Gasteiger partial charge in [-0.2, -0.15) is 8.42 Å². The van der Waals surface area contributed by atoms with Crippen LogP contribution in [0.4, 0.5) is 0 Å². The number of esters is 1. The van der Waals surface area contributed by atoms with Crippen LogP contribution in [0.3, 0.4) is 0 Å². The third kappa shape index (κ3) is 10.9. The number of aryl methyl sites for hydroxylation is 2. The van der Waals surface area contributed by atoms with Gasteiger partial charge in [-0.1, -0.05) is 12.1 Å². The summed E-state index contributed by atoms with van der Waals surface area (Å²) in [6.07, 6.45) is 4.17. The summed E-state index contributed by atoms with van der Waals surface area (Å²) >= 11 is 0. The van der Waals surface area contributed by atoms with Crippen molar-refractivity contribution >= 4 is 22.1 Å². The molecular formula is C19H28O8S. The second-order valence-electron chi connectivity index (χ2n) is 6.35. The number of carboxylic acid groups (broad SMARTS) is 1. The van der Waals surface area contributed by atoms with E-state index in [-0.39, 0.29) is 25.4 Å². The maximum Gasteiger partial charge on any atom is 0.305 e. The maximum absolute atomic E-state index is 11.3. The molecule has 0 aliphatic carbocycles. The van der Waals surface area contributed by atoms with Gasteiger partial charge < -0.3 is 14.6 Å². The molecule has 0 radical (unpaired) electrons. The van der Waals surface area contributed by atoms with Crippen molar-refractivity contribution in [1.29, 1.82) is 0 Å². The van der Waals surface area contributed by atoms with Gasteiger partial charge in [0.15, 0.2) is 0 Å². The van der Waals surface area contributed by atoms with Crippen molar-refractivity contribution in [3.05, 3.63) is 29.3 Å². The SMILES string of the molecule is COC(=O)CCc1ccc(OCCCCCOS(C)(=O)=O)c(CCC(=O)O)c1. The molecule has 0 bridgehead atoms. The Labute approximate surface area is 165 Å².